The van der Waals surface area contributed by atoms with Crippen LogP contribution in [0.2, 0.25) is 0 Å². The fraction of sp³-hybridized carbons (Fsp3) is 0.0667. The summed E-state index contributed by atoms with van der Waals surface area (Å²) in [4.78, 5) is 12.0. The van der Waals surface area contributed by atoms with Crippen molar-refractivity contribution in [1.29, 1.82) is 5.41 Å². The maximum Gasteiger partial charge on any atom is 0.345 e. The number of hydrogen-bond donors (Lipinski definition) is 3. The van der Waals surface area contributed by atoms with Gasteiger partial charge in [0.15, 0.2) is 0 Å². The second kappa shape index (κ2) is 5.44. The van der Waals surface area contributed by atoms with Crippen molar-refractivity contribution in [2.45, 2.75) is 6.92 Å². The number of rotatable bonds is 3. The van der Waals surface area contributed by atoms with Crippen molar-refractivity contribution in [2.75, 3.05) is 5.73 Å². The SMILES string of the molecule is Cc1ccc(N)c(C(=O)Oc2ccc(C(=N)N)cc2)c1. The minimum Gasteiger partial charge on any atom is -0.423 e. The first-order valence-corrected chi connectivity index (χ1v) is 6.00. The minimum absolute atomic E-state index is 0.0363. The normalized spacial score (nSPS) is 10.1. The molecule has 2 aromatic rings. The summed E-state index contributed by atoms with van der Waals surface area (Å²) < 4.78 is 5.24. The summed E-state index contributed by atoms with van der Waals surface area (Å²) in [6, 6.07) is 11.6. The molecular formula is C15H15N3O2. The van der Waals surface area contributed by atoms with Crippen molar-refractivity contribution in [3.8, 4) is 5.75 Å². The molecule has 0 aromatic heterocycles. The lowest BCUT2D eigenvalue weighted by atomic mass is 10.1. The molecule has 2 aromatic carbocycles. The molecule has 0 aliphatic heterocycles. The number of carbonyl (C=O) groups is 1. The van der Waals surface area contributed by atoms with Crippen molar-refractivity contribution < 1.29 is 9.53 Å². The Hall–Kier alpha value is -2.82. The van der Waals surface area contributed by atoms with Gasteiger partial charge in [-0.25, -0.2) is 4.79 Å². The number of benzene rings is 2. The molecule has 2 rings (SSSR count). The summed E-state index contributed by atoms with van der Waals surface area (Å²) in [5, 5.41) is 7.29. The minimum atomic E-state index is -0.512. The van der Waals surface area contributed by atoms with Gasteiger partial charge in [-0.3, -0.25) is 5.41 Å². The first kappa shape index (κ1) is 13.6. The topological polar surface area (TPSA) is 102 Å². The molecule has 0 radical (unpaired) electrons. The van der Waals surface area contributed by atoms with E-state index >= 15 is 0 Å². The monoisotopic (exact) mass is 269 g/mol. The summed E-state index contributed by atoms with van der Waals surface area (Å²) in [7, 11) is 0. The van der Waals surface area contributed by atoms with E-state index in [1.54, 1.807) is 36.4 Å². The van der Waals surface area contributed by atoms with Crippen LogP contribution in [0.4, 0.5) is 5.69 Å². The van der Waals surface area contributed by atoms with Gasteiger partial charge in [-0.05, 0) is 43.3 Å². The lowest BCUT2D eigenvalue weighted by Crippen LogP contribution is -2.12. The Labute approximate surface area is 116 Å². The number of nitrogen functional groups attached to an aromatic ring is 2. The Morgan fingerprint density at radius 3 is 2.40 bits per heavy atom. The number of nitrogens with two attached hydrogens (primary N) is 2. The van der Waals surface area contributed by atoms with E-state index in [9.17, 15) is 4.79 Å². The standard InChI is InChI=1S/C15H15N3O2/c1-9-2-7-13(16)12(8-9)15(19)20-11-5-3-10(4-6-11)14(17)18/h2-8H,16H2,1H3,(H3,17,18). The number of esters is 1. The quantitative estimate of drug-likeness (QED) is 0.261. The average molecular weight is 269 g/mol. The third kappa shape index (κ3) is 2.95. The molecule has 0 bridgehead atoms. The van der Waals surface area contributed by atoms with Crippen LogP contribution in [-0.2, 0) is 0 Å². The van der Waals surface area contributed by atoms with Crippen molar-refractivity contribution in [2.24, 2.45) is 5.73 Å². The second-order valence-corrected chi connectivity index (χ2v) is 4.42. The van der Waals surface area contributed by atoms with Crippen molar-refractivity contribution in [3.63, 3.8) is 0 Å². The number of carbonyl (C=O) groups excluding carboxylic acids is 1. The number of aryl methyl sites for hydroxylation is 1. The highest BCUT2D eigenvalue weighted by Crippen LogP contribution is 2.18. The maximum absolute atomic E-state index is 12.0. The van der Waals surface area contributed by atoms with Gasteiger partial charge in [0.1, 0.15) is 11.6 Å². The molecule has 5 heteroatoms. The largest absolute Gasteiger partial charge is 0.423 e. The molecule has 0 atom stereocenters. The van der Waals surface area contributed by atoms with Crippen LogP contribution in [0, 0.1) is 12.3 Å². The van der Waals surface area contributed by atoms with Gasteiger partial charge in [-0.15, -0.1) is 0 Å². The van der Waals surface area contributed by atoms with E-state index in [4.69, 9.17) is 21.6 Å². The number of anilines is 1. The van der Waals surface area contributed by atoms with Crippen LogP contribution in [0.25, 0.3) is 0 Å². The van der Waals surface area contributed by atoms with E-state index in [2.05, 4.69) is 0 Å². The van der Waals surface area contributed by atoms with E-state index in [0.29, 0.717) is 22.6 Å². The van der Waals surface area contributed by atoms with Gasteiger partial charge in [0.2, 0.25) is 0 Å². The predicted octanol–water partition coefficient (Wildman–Crippen LogP) is 2.08. The Bertz CT molecular complexity index is 663. The third-order valence-electron chi connectivity index (χ3n) is 2.80. The van der Waals surface area contributed by atoms with E-state index in [1.807, 2.05) is 13.0 Å². The summed E-state index contributed by atoms with van der Waals surface area (Å²) in [6.07, 6.45) is 0. The Morgan fingerprint density at radius 2 is 1.80 bits per heavy atom. The molecule has 0 saturated heterocycles. The molecular weight excluding hydrogens is 254 g/mol. The summed E-state index contributed by atoms with van der Waals surface area (Å²) in [5.41, 5.74) is 13.3. The van der Waals surface area contributed by atoms with Gasteiger partial charge in [-0.2, -0.15) is 0 Å². The lowest BCUT2D eigenvalue weighted by Gasteiger charge is -2.08. The first-order chi connectivity index (χ1) is 9.47. The molecule has 20 heavy (non-hydrogen) atoms. The third-order valence-corrected chi connectivity index (χ3v) is 2.80. The van der Waals surface area contributed by atoms with Crippen LogP contribution in [0.15, 0.2) is 42.5 Å². The highest BCUT2D eigenvalue weighted by atomic mass is 16.5. The fourth-order valence-electron chi connectivity index (χ4n) is 1.71. The predicted molar refractivity (Wildman–Crippen MR) is 78.0 cm³/mol. The highest BCUT2D eigenvalue weighted by molar-refractivity contribution is 5.97. The number of nitrogens with one attached hydrogen (secondary N) is 1. The van der Waals surface area contributed by atoms with Crippen LogP contribution in [-0.4, -0.2) is 11.8 Å². The van der Waals surface area contributed by atoms with Gasteiger partial charge < -0.3 is 16.2 Å². The Morgan fingerprint density at radius 1 is 1.15 bits per heavy atom. The molecule has 0 saturated carbocycles. The molecule has 0 unspecified atom stereocenters. The molecule has 5 nitrogen and oxygen atoms in total. The van der Waals surface area contributed by atoms with Crippen LogP contribution in [0.5, 0.6) is 5.75 Å². The highest BCUT2D eigenvalue weighted by Gasteiger charge is 2.12. The van der Waals surface area contributed by atoms with Crippen molar-refractivity contribution in [1.82, 2.24) is 0 Å². The second-order valence-electron chi connectivity index (χ2n) is 4.42. The van der Waals surface area contributed by atoms with Gasteiger partial charge in [0, 0.05) is 11.3 Å². The van der Waals surface area contributed by atoms with Crippen LogP contribution < -0.4 is 16.2 Å². The smallest absolute Gasteiger partial charge is 0.345 e. The van der Waals surface area contributed by atoms with Gasteiger partial charge in [0.05, 0.1) is 5.56 Å². The number of ether oxygens (including phenoxy) is 1. The van der Waals surface area contributed by atoms with Gasteiger partial charge in [-0.1, -0.05) is 11.6 Å². The first-order valence-electron chi connectivity index (χ1n) is 6.00. The zero-order valence-electron chi connectivity index (χ0n) is 11.0. The van der Waals surface area contributed by atoms with E-state index < -0.39 is 5.97 Å². The number of amidine groups is 1. The molecule has 0 heterocycles. The van der Waals surface area contributed by atoms with Gasteiger partial charge >= 0.3 is 5.97 Å². The Kier molecular flexibility index (Phi) is 3.70. The van der Waals surface area contributed by atoms with Crippen LogP contribution >= 0.6 is 0 Å². The molecule has 0 aliphatic rings. The van der Waals surface area contributed by atoms with E-state index in [0.717, 1.165) is 5.56 Å². The Balaban J connectivity index is 2.19. The number of hydrogen-bond acceptors (Lipinski definition) is 4. The van der Waals surface area contributed by atoms with Gasteiger partial charge in [0.25, 0.3) is 0 Å². The average Bonchev–Trinajstić information content (AvgIpc) is 2.42. The molecule has 102 valence electrons. The molecule has 0 fully saturated rings. The lowest BCUT2D eigenvalue weighted by molar-refractivity contribution is 0.0736. The zero-order chi connectivity index (χ0) is 14.7. The van der Waals surface area contributed by atoms with Crippen molar-refractivity contribution in [3.05, 3.63) is 59.2 Å². The summed E-state index contributed by atoms with van der Waals surface area (Å²) >= 11 is 0. The van der Waals surface area contributed by atoms with Crippen LogP contribution in [0.3, 0.4) is 0 Å². The van der Waals surface area contributed by atoms with E-state index in [-0.39, 0.29) is 5.84 Å². The summed E-state index contributed by atoms with van der Waals surface area (Å²) in [6.45, 7) is 1.87. The van der Waals surface area contributed by atoms with E-state index in [1.165, 1.54) is 0 Å². The summed E-state index contributed by atoms with van der Waals surface area (Å²) in [5.74, 6) is -0.173. The molecule has 0 aliphatic carbocycles. The molecule has 0 spiro atoms. The van der Waals surface area contributed by atoms with Crippen LogP contribution in [0.1, 0.15) is 21.5 Å². The molecule has 5 N–H and O–H groups in total. The fourth-order valence-corrected chi connectivity index (χ4v) is 1.71. The maximum atomic E-state index is 12.0. The van der Waals surface area contributed by atoms with Crippen molar-refractivity contribution >= 4 is 17.5 Å². The molecule has 0 amide bonds. The zero-order valence-corrected chi connectivity index (χ0v) is 11.0.